The van der Waals surface area contributed by atoms with Crippen LogP contribution >= 0.6 is 0 Å². The van der Waals surface area contributed by atoms with Crippen LogP contribution in [-0.4, -0.2) is 0 Å². The summed E-state index contributed by atoms with van der Waals surface area (Å²) in [5.74, 6) is 0.977. The lowest BCUT2D eigenvalue weighted by Gasteiger charge is -1.89. The Bertz CT molecular complexity index is 385. The molecule has 0 fully saturated rings. The van der Waals surface area contributed by atoms with E-state index >= 15 is 0 Å². The molecule has 0 aliphatic rings. The van der Waals surface area contributed by atoms with Gasteiger partial charge in [0.05, 0.1) is 0 Å². The van der Waals surface area contributed by atoms with E-state index in [2.05, 4.69) is 31.2 Å². The summed E-state index contributed by atoms with van der Waals surface area (Å²) >= 11 is 0. The zero-order valence-electron chi connectivity index (χ0n) is 10.7. The average Bonchev–Trinajstić information content (AvgIpc) is 2.63. The molecular weight excluding hydrogens is 184 g/mol. The van der Waals surface area contributed by atoms with Gasteiger partial charge in [0.2, 0.25) is 0 Å². The summed E-state index contributed by atoms with van der Waals surface area (Å²) in [5.41, 5.74) is 2.23. The van der Waals surface area contributed by atoms with E-state index in [9.17, 15) is 0 Å². The molecule has 0 aliphatic carbocycles. The van der Waals surface area contributed by atoms with E-state index in [0.717, 1.165) is 11.3 Å². The third-order valence-electron chi connectivity index (χ3n) is 1.80. The second kappa shape index (κ2) is 7.10. The molecule has 1 aromatic heterocycles. The molecule has 1 nitrogen and oxygen atoms in total. The predicted molar refractivity (Wildman–Crippen MR) is 68.4 cm³/mol. The first kappa shape index (κ1) is 13.8. The predicted octanol–water partition coefficient (Wildman–Crippen LogP) is 5.10. The van der Waals surface area contributed by atoms with Crippen molar-refractivity contribution in [1.82, 2.24) is 0 Å². The summed E-state index contributed by atoms with van der Waals surface area (Å²) in [4.78, 5) is 0. The van der Waals surface area contributed by atoms with E-state index in [1.807, 2.05) is 34.6 Å². The topological polar surface area (TPSA) is 13.1 Å². The first-order valence-corrected chi connectivity index (χ1v) is 5.72. The van der Waals surface area contributed by atoms with E-state index < -0.39 is 0 Å². The number of hydrogen-bond donors (Lipinski definition) is 0. The second-order valence-electron chi connectivity index (χ2n) is 2.90. The third-order valence-corrected chi connectivity index (χ3v) is 1.80. The molecule has 15 heavy (non-hydrogen) atoms. The lowest BCUT2D eigenvalue weighted by molar-refractivity contribution is 0.578. The molecule has 0 saturated heterocycles. The molecule has 0 radical (unpaired) electrons. The lowest BCUT2D eigenvalue weighted by Crippen LogP contribution is -1.67. The second-order valence-corrected chi connectivity index (χ2v) is 2.90. The Morgan fingerprint density at radius 3 is 2.07 bits per heavy atom. The van der Waals surface area contributed by atoms with Crippen LogP contribution in [0.5, 0.6) is 0 Å². The molecule has 0 atom stereocenters. The van der Waals surface area contributed by atoms with Crippen LogP contribution in [0, 0.1) is 13.8 Å². The largest absolute Gasteiger partial charge is 0.461 e. The van der Waals surface area contributed by atoms with Gasteiger partial charge < -0.3 is 4.42 Å². The van der Waals surface area contributed by atoms with Crippen molar-refractivity contribution in [2.45, 2.75) is 41.5 Å². The number of fused-ring (bicyclic) bond motifs is 1. The minimum absolute atomic E-state index is 0.977. The highest BCUT2D eigenvalue weighted by atomic mass is 16.3. The highest BCUT2D eigenvalue weighted by molar-refractivity contribution is 5.78. The molecule has 0 unspecified atom stereocenters. The van der Waals surface area contributed by atoms with Gasteiger partial charge in [-0.2, -0.15) is 0 Å². The maximum Gasteiger partial charge on any atom is 0.134 e. The fourth-order valence-corrected chi connectivity index (χ4v) is 1.27. The molecule has 0 amide bonds. The molecule has 84 valence electrons. The maximum atomic E-state index is 5.45. The number of rotatable bonds is 0. The quantitative estimate of drug-likeness (QED) is 0.584. The standard InChI is InChI=1S/C10H10O.2C2H6/c1-7-3-4-9-6-8(2)11-10(9)5-7;2*1-2/h3-6H,1-2H3;2*1-2H3. The summed E-state index contributed by atoms with van der Waals surface area (Å²) in [6, 6.07) is 8.29. The number of benzene rings is 1. The van der Waals surface area contributed by atoms with Crippen LogP contribution in [0.2, 0.25) is 0 Å². The molecule has 0 bridgehead atoms. The van der Waals surface area contributed by atoms with E-state index in [4.69, 9.17) is 4.42 Å². The van der Waals surface area contributed by atoms with Crippen molar-refractivity contribution in [3.63, 3.8) is 0 Å². The summed E-state index contributed by atoms with van der Waals surface area (Å²) < 4.78 is 5.45. The van der Waals surface area contributed by atoms with Crippen molar-refractivity contribution in [3.05, 3.63) is 35.6 Å². The Balaban J connectivity index is 0.000000442. The van der Waals surface area contributed by atoms with E-state index in [1.54, 1.807) is 0 Å². The Hall–Kier alpha value is -1.24. The monoisotopic (exact) mass is 206 g/mol. The maximum absolute atomic E-state index is 5.45. The normalized spacial score (nSPS) is 8.67. The number of aryl methyl sites for hydroxylation is 2. The Labute approximate surface area is 93.1 Å². The Kier molecular flexibility index (Phi) is 6.52. The van der Waals surface area contributed by atoms with Crippen LogP contribution in [0.25, 0.3) is 11.0 Å². The molecule has 0 N–H and O–H groups in total. The SMILES string of the molecule is CC.CC.Cc1ccc2cc(C)oc2c1. The average molecular weight is 206 g/mol. The first-order valence-electron chi connectivity index (χ1n) is 5.72. The van der Waals surface area contributed by atoms with Crippen molar-refractivity contribution in [2.24, 2.45) is 0 Å². The summed E-state index contributed by atoms with van der Waals surface area (Å²) in [6.45, 7) is 12.0. The molecule has 2 rings (SSSR count). The van der Waals surface area contributed by atoms with Crippen molar-refractivity contribution < 1.29 is 4.42 Å². The fraction of sp³-hybridized carbons (Fsp3) is 0.429. The van der Waals surface area contributed by atoms with Crippen molar-refractivity contribution >= 4 is 11.0 Å². The highest BCUT2D eigenvalue weighted by Crippen LogP contribution is 2.19. The number of furan rings is 1. The molecule has 1 aromatic carbocycles. The van der Waals surface area contributed by atoms with Gasteiger partial charge in [-0.25, -0.2) is 0 Å². The van der Waals surface area contributed by atoms with Gasteiger partial charge in [-0.1, -0.05) is 39.8 Å². The molecule has 1 heteroatoms. The zero-order chi connectivity index (χ0) is 11.8. The zero-order valence-corrected chi connectivity index (χ0v) is 10.7. The molecule has 0 spiro atoms. The molecule has 0 aliphatic heterocycles. The van der Waals surface area contributed by atoms with E-state index in [1.165, 1.54) is 10.9 Å². The van der Waals surface area contributed by atoms with Gasteiger partial charge in [0.1, 0.15) is 11.3 Å². The van der Waals surface area contributed by atoms with Crippen molar-refractivity contribution in [3.8, 4) is 0 Å². The molecule has 0 saturated carbocycles. The lowest BCUT2D eigenvalue weighted by atomic mass is 10.2. The van der Waals surface area contributed by atoms with Crippen LogP contribution in [-0.2, 0) is 0 Å². The molecule has 2 aromatic rings. The molecule has 1 heterocycles. The highest BCUT2D eigenvalue weighted by Gasteiger charge is 1.98. The minimum Gasteiger partial charge on any atom is -0.461 e. The van der Waals surface area contributed by atoms with Crippen LogP contribution in [0.1, 0.15) is 39.0 Å². The van der Waals surface area contributed by atoms with Gasteiger partial charge in [0.25, 0.3) is 0 Å². The Morgan fingerprint density at radius 1 is 0.867 bits per heavy atom. The van der Waals surface area contributed by atoms with Crippen LogP contribution in [0.3, 0.4) is 0 Å². The van der Waals surface area contributed by atoms with Crippen molar-refractivity contribution in [2.75, 3.05) is 0 Å². The fourth-order valence-electron chi connectivity index (χ4n) is 1.27. The van der Waals surface area contributed by atoms with Gasteiger partial charge >= 0.3 is 0 Å². The Morgan fingerprint density at radius 2 is 1.47 bits per heavy atom. The molecular formula is C14H22O. The van der Waals surface area contributed by atoms with Crippen LogP contribution < -0.4 is 0 Å². The van der Waals surface area contributed by atoms with E-state index in [0.29, 0.717) is 0 Å². The third kappa shape index (κ3) is 3.78. The number of hydrogen-bond acceptors (Lipinski definition) is 1. The van der Waals surface area contributed by atoms with Gasteiger partial charge in [-0.15, -0.1) is 0 Å². The van der Waals surface area contributed by atoms with Crippen LogP contribution in [0.15, 0.2) is 28.7 Å². The summed E-state index contributed by atoms with van der Waals surface area (Å²) in [7, 11) is 0. The van der Waals surface area contributed by atoms with Crippen LogP contribution in [0.4, 0.5) is 0 Å². The van der Waals surface area contributed by atoms with Gasteiger partial charge in [-0.3, -0.25) is 0 Å². The van der Waals surface area contributed by atoms with Crippen molar-refractivity contribution in [1.29, 1.82) is 0 Å². The summed E-state index contributed by atoms with van der Waals surface area (Å²) in [5, 5.41) is 1.19. The minimum atomic E-state index is 0.977. The summed E-state index contributed by atoms with van der Waals surface area (Å²) in [6.07, 6.45) is 0. The van der Waals surface area contributed by atoms with Gasteiger partial charge in [-0.05, 0) is 31.5 Å². The van der Waals surface area contributed by atoms with Gasteiger partial charge in [0, 0.05) is 5.39 Å². The van der Waals surface area contributed by atoms with Gasteiger partial charge in [0.15, 0.2) is 0 Å². The smallest absolute Gasteiger partial charge is 0.134 e. The van der Waals surface area contributed by atoms with E-state index in [-0.39, 0.29) is 0 Å². The first-order chi connectivity index (χ1) is 7.25.